The monoisotopic (exact) mass is 431 g/mol. The number of nitrogens with zero attached hydrogens (tertiary/aromatic N) is 2. The number of carbonyl (C=O) groups is 2. The van der Waals surface area contributed by atoms with E-state index in [1.165, 1.54) is 0 Å². The standard InChI is InChI=1S/C26H29N3O3/c1-32-21-13-11-19(12-14-21)22-23(27-24(30)20-9-4-2-5-10-20)25(31)29-18-8-17-28-16-7-3-6-15-26(22,28)29/h2,4-5,9-14H,3,6-8,15-18H2,1H3,(H,27,30). The smallest absolute Gasteiger partial charge is 0.272 e. The lowest BCUT2D eigenvalue weighted by atomic mass is 9.86. The van der Waals surface area contributed by atoms with E-state index < -0.39 is 5.66 Å². The molecule has 166 valence electrons. The fourth-order valence-electron chi connectivity index (χ4n) is 5.56. The molecule has 3 heterocycles. The highest BCUT2D eigenvalue weighted by Gasteiger charge is 2.57. The number of hydrogen-bond donors (Lipinski definition) is 1. The first kappa shape index (κ1) is 20.8. The molecule has 3 aliphatic rings. The molecule has 0 radical (unpaired) electrons. The number of amides is 2. The summed E-state index contributed by atoms with van der Waals surface area (Å²) in [6.07, 6.45) is 5.17. The summed E-state index contributed by atoms with van der Waals surface area (Å²) < 4.78 is 5.36. The molecule has 1 N–H and O–H groups in total. The number of ether oxygens (including phenoxy) is 1. The van der Waals surface area contributed by atoms with E-state index in [0.717, 1.165) is 62.1 Å². The third kappa shape index (κ3) is 3.30. The highest BCUT2D eigenvalue weighted by atomic mass is 16.5. The van der Waals surface area contributed by atoms with Gasteiger partial charge < -0.3 is 15.0 Å². The van der Waals surface area contributed by atoms with Crippen LogP contribution >= 0.6 is 0 Å². The zero-order valence-corrected chi connectivity index (χ0v) is 18.5. The lowest BCUT2D eigenvalue weighted by Crippen LogP contribution is -2.63. The van der Waals surface area contributed by atoms with Crippen LogP contribution < -0.4 is 10.1 Å². The second-order valence-electron chi connectivity index (χ2n) is 8.72. The largest absolute Gasteiger partial charge is 0.497 e. The van der Waals surface area contributed by atoms with Crippen LogP contribution in [0.15, 0.2) is 60.3 Å². The molecule has 2 amide bonds. The first-order valence-corrected chi connectivity index (χ1v) is 11.5. The van der Waals surface area contributed by atoms with Crippen molar-refractivity contribution in [3.8, 4) is 5.75 Å². The van der Waals surface area contributed by atoms with Crippen molar-refractivity contribution in [2.24, 2.45) is 0 Å². The molecule has 0 aromatic heterocycles. The molecule has 1 unspecified atom stereocenters. The van der Waals surface area contributed by atoms with E-state index in [1.807, 2.05) is 47.4 Å². The van der Waals surface area contributed by atoms with Gasteiger partial charge in [-0.1, -0.05) is 36.8 Å². The average molecular weight is 432 g/mol. The minimum Gasteiger partial charge on any atom is -0.497 e. The second kappa shape index (κ2) is 8.43. The first-order valence-electron chi connectivity index (χ1n) is 11.5. The highest BCUT2D eigenvalue weighted by molar-refractivity contribution is 6.12. The molecular weight excluding hydrogens is 402 g/mol. The van der Waals surface area contributed by atoms with Crippen molar-refractivity contribution in [2.45, 2.75) is 37.8 Å². The summed E-state index contributed by atoms with van der Waals surface area (Å²) in [6, 6.07) is 16.9. The summed E-state index contributed by atoms with van der Waals surface area (Å²) >= 11 is 0. The van der Waals surface area contributed by atoms with Gasteiger partial charge >= 0.3 is 0 Å². The SMILES string of the molecule is COc1ccc(C2=C(NC(=O)c3ccccc3)C(=O)N3CCCN4CCCCCC243)cc1. The van der Waals surface area contributed by atoms with Gasteiger partial charge in [0.05, 0.1) is 7.11 Å². The molecule has 6 heteroatoms. The maximum atomic E-state index is 13.8. The Labute approximate surface area is 188 Å². The topological polar surface area (TPSA) is 61.9 Å². The molecule has 2 aromatic rings. The number of benzene rings is 2. The number of rotatable bonds is 4. The summed E-state index contributed by atoms with van der Waals surface area (Å²) in [6.45, 7) is 2.63. The summed E-state index contributed by atoms with van der Waals surface area (Å²) in [4.78, 5) is 31.4. The third-order valence-corrected chi connectivity index (χ3v) is 7.00. The maximum Gasteiger partial charge on any atom is 0.272 e. The third-order valence-electron chi connectivity index (χ3n) is 7.00. The van der Waals surface area contributed by atoms with E-state index >= 15 is 0 Å². The maximum absolute atomic E-state index is 13.8. The van der Waals surface area contributed by atoms with Crippen LogP contribution in [0.1, 0.15) is 48.0 Å². The van der Waals surface area contributed by atoms with Gasteiger partial charge in [-0.15, -0.1) is 0 Å². The van der Waals surface area contributed by atoms with Crippen molar-refractivity contribution < 1.29 is 14.3 Å². The van der Waals surface area contributed by atoms with E-state index in [1.54, 1.807) is 19.2 Å². The Bertz CT molecular complexity index is 1050. The number of carbonyl (C=O) groups excluding carboxylic acids is 2. The summed E-state index contributed by atoms with van der Waals surface area (Å²) in [5.41, 5.74) is 2.34. The Kier molecular flexibility index (Phi) is 5.47. The van der Waals surface area contributed by atoms with Crippen LogP contribution in [0.25, 0.3) is 5.57 Å². The molecule has 3 aliphatic heterocycles. The van der Waals surface area contributed by atoms with E-state index in [4.69, 9.17) is 4.74 Å². The van der Waals surface area contributed by atoms with Gasteiger partial charge in [-0.05, 0) is 55.5 Å². The molecule has 1 atom stereocenters. The van der Waals surface area contributed by atoms with Crippen molar-refractivity contribution in [3.63, 3.8) is 0 Å². The summed E-state index contributed by atoms with van der Waals surface area (Å²) in [7, 11) is 1.65. The molecule has 32 heavy (non-hydrogen) atoms. The van der Waals surface area contributed by atoms with Crippen molar-refractivity contribution in [1.29, 1.82) is 0 Å². The Morgan fingerprint density at radius 3 is 2.44 bits per heavy atom. The van der Waals surface area contributed by atoms with Gasteiger partial charge in [0.25, 0.3) is 11.8 Å². The highest BCUT2D eigenvalue weighted by Crippen LogP contribution is 2.49. The van der Waals surface area contributed by atoms with Gasteiger partial charge in [0, 0.05) is 30.8 Å². The predicted octanol–water partition coefficient (Wildman–Crippen LogP) is 3.65. The fourth-order valence-corrected chi connectivity index (χ4v) is 5.56. The molecule has 2 fully saturated rings. The number of methoxy groups -OCH3 is 1. The fraction of sp³-hybridized carbons (Fsp3) is 0.385. The summed E-state index contributed by atoms with van der Waals surface area (Å²) in [5, 5.41) is 3.02. The minimum absolute atomic E-state index is 0.0771. The van der Waals surface area contributed by atoms with Gasteiger partial charge in [0.1, 0.15) is 17.1 Å². The second-order valence-corrected chi connectivity index (χ2v) is 8.72. The van der Waals surface area contributed by atoms with E-state index in [2.05, 4.69) is 10.2 Å². The first-order chi connectivity index (χ1) is 15.6. The van der Waals surface area contributed by atoms with Crippen LogP contribution in [0.3, 0.4) is 0 Å². The van der Waals surface area contributed by atoms with Crippen LogP contribution in [0.2, 0.25) is 0 Å². The Morgan fingerprint density at radius 1 is 0.938 bits per heavy atom. The van der Waals surface area contributed by atoms with Crippen LogP contribution in [0.5, 0.6) is 5.75 Å². The van der Waals surface area contributed by atoms with Crippen LogP contribution in [-0.2, 0) is 4.79 Å². The number of nitrogens with one attached hydrogen (secondary N) is 1. The van der Waals surface area contributed by atoms with E-state index in [-0.39, 0.29) is 11.8 Å². The molecule has 1 spiro atoms. The van der Waals surface area contributed by atoms with Crippen molar-refractivity contribution in [2.75, 3.05) is 26.7 Å². The zero-order chi connectivity index (χ0) is 22.1. The van der Waals surface area contributed by atoms with Crippen molar-refractivity contribution in [1.82, 2.24) is 15.1 Å². The van der Waals surface area contributed by atoms with Crippen LogP contribution in [-0.4, -0.2) is 54.0 Å². The molecule has 2 aromatic carbocycles. The van der Waals surface area contributed by atoms with Crippen molar-refractivity contribution >= 4 is 17.4 Å². The van der Waals surface area contributed by atoms with Crippen LogP contribution in [0.4, 0.5) is 0 Å². The summed E-state index contributed by atoms with van der Waals surface area (Å²) in [5.74, 6) is 0.437. The van der Waals surface area contributed by atoms with Gasteiger partial charge in [0.15, 0.2) is 0 Å². The Morgan fingerprint density at radius 2 is 1.69 bits per heavy atom. The lowest BCUT2D eigenvalue weighted by molar-refractivity contribution is -0.139. The quantitative estimate of drug-likeness (QED) is 0.803. The Balaban J connectivity index is 1.66. The zero-order valence-electron chi connectivity index (χ0n) is 18.5. The average Bonchev–Trinajstić information content (AvgIpc) is 2.96. The van der Waals surface area contributed by atoms with E-state index in [9.17, 15) is 9.59 Å². The van der Waals surface area contributed by atoms with E-state index in [0.29, 0.717) is 17.8 Å². The van der Waals surface area contributed by atoms with Gasteiger partial charge in [-0.25, -0.2) is 0 Å². The van der Waals surface area contributed by atoms with Crippen LogP contribution in [0, 0.1) is 0 Å². The molecule has 2 saturated heterocycles. The Hall–Kier alpha value is -3.12. The molecule has 0 bridgehead atoms. The minimum atomic E-state index is -0.500. The van der Waals surface area contributed by atoms with Gasteiger partial charge in [0.2, 0.25) is 0 Å². The number of hydrogen-bond acceptors (Lipinski definition) is 4. The lowest BCUT2D eigenvalue weighted by Gasteiger charge is -2.51. The van der Waals surface area contributed by atoms with Gasteiger partial charge in [-0.3, -0.25) is 14.5 Å². The molecule has 6 nitrogen and oxygen atoms in total. The molecule has 0 saturated carbocycles. The molecular formula is C26H29N3O3. The van der Waals surface area contributed by atoms with Crippen molar-refractivity contribution in [3.05, 3.63) is 71.4 Å². The predicted molar refractivity (Wildman–Crippen MR) is 123 cm³/mol. The molecule has 5 rings (SSSR count). The van der Waals surface area contributed by atoms with Gasteiger partial charge in [-0.2, -0.15) is 0 Å². The normalized spacial score (nSPS) is 23.4. The molecule has 0 aliphatic carbocycles.